The van der Waals surface area contributed by atoms with Crippen LogP contribution in [0.1, 0.15) is 17.2 Å². The van der Waals surface area contributed by atoms with Crippen LogP contribution in [0, 0.1) is 0 Å². The second kappa shape index (κ2) is 7.51. The number of aromatic nitrogens is 1. The van der Waals surface area contributed by atoms with Crippen molar-refractivity contribution >= 4 is 10.9 Å². The molecule has 1 aromatic heterocycles. The Labute approximate surface area is 143 Å². The molecule has 4 heteroatoms. The van der Waals surface area contributed by atoms with Crippen LogP contribution >= 0.6 is 0 Å². The molecule has 0 aliphatic rings. The quantitative estimate of drug-likeness (QED) is 0.698. The number of H-pyrrole nitrogens is 1. The standard InChI is InChI=1S/C20H25N3O/c1-23(2)14-20(15-7-9-17(24-3)10-8-15)22-13-16-5-4-6-19-18(16)11-12-21-19/h4-12,20-22H,13-14H2,1-3H3/t20-/m1/s1. The van der Waals surface area contributed by atoms with Crippen molar-refractivity contribution in [2.24, 2.45) is 0 Å². The third-order valence-corrected chi connectivity index (χ3v) is 4.29. The summed E-state index contributed by atoms with van der Waals surface area (Å²) < 4.78 is 5.26. The number of nitrogens with one attached hydrogen (secondary N) is 2. The summed E-state index contributed by atoms with van der Waals surface area (Å²) in [7, 11) is 5.90. The molecule has 2 N–H and O–H groups in total. The van der Waals surface area contributed by atoms with Gasteiger partial charge in [-0.1, -0.05) is 24.3 Å². The maximum absolute atomic E-state index is 5.26. The summed E-state index contributed by atoms with van der Waals surface area (Å²) in [6.07, 6.45) is 1.99. The van der Waals surface area contributed by atoms with Crippen LogP contribution in [0.15, 0.2) is 54.7 Å². The summed E-state index contributed by atoms with van der Waals surface area (Å²) in [6, 6.07) is 17.1. The molecule has 3 aromatic rings. The molecule has 0 radical (unpaired) electrons. The molecule has 0 saturated carbocycles. The molecule has 0 bridgehead atoms. The third kappa shape index (κ3) is 3.78. The molecule has 24 heavy (non-hydrogen) atoms. The highest BCUT2D eigenvalue weighted by Gasteiger charge is 2.13. The molecular formula is C20H25N3O. The van der Waals surface area contributed by atoms with Crippen LogP contribution in [-0.4, -0.2) is 37.6 Å². The van der Waals surface area contributed by atoms with E-state index in [-0.39, 0.29) is 6.04 Å². The van der Waals surface area contributed by atoms with Crippen LogP contribution in [0.2, 0.25) is 0 Å². The number of ether oxygens (including phenoxy) is 1. The van der Waals surface area contributed by atoms with Crippen LogP contribution in [-0.2, 0) is 6.54 Å². The summed E-state index contributed by atoms with van der Waals surface area (Å²) in [5, 5.41) is 4.99. The molecule has 0 fully saturated rings. The first-order chi connectivity index (χ1) is 11.7. The summed E-state index contributed by atoms with van der Waals surface area (Å²) in [6.45, 7) is 1.77. The van der Waals surface area contributed by atoms with E-state index in [1.165, 1.54) is 22.0 Å². The fourth-order valence-electron chi connectivity index (χ4n) is 3.03. The van der Waals surface area contributed by atoms with E-state index in [2.05, 4.69) is 65.7 Å². The average molecular weight is 323 g/mol. The number of hydrogen-bond acceptors (Lipinski definition) is 3. The minimum atomic E-state index is 0.264. The monoisotopic (exact) mass is 323 g/mol. The normalized spacial score (nSPS) is 12.7. The smallest absolute Gasteiger partial charge is 0.118 e. The van der Waals surface area contributed by atoms with Crippen molar-refractivity contribution in [3.05, 3.63) is 65.9 Å². The minimum absolute atomic E-state index is 0.264. The van der Waals surface area contributed by atoms with Crippen molar-refractivity contribution in [1.82, 2.24) is 15.2 Å². The second-order valence-electron chi connectivity index (χ2n) is 6.32. The summed E-state index contributed by atoms with van der Waals surface area (Å²) in [5.41, 5.74) is 3.76. The van der Waals surface area contributed by atoms with E-state index in [9.17, 15) is 0 Å². The van der Waals surface area contributed by atoms with Gasteiger partial charge in [0.1, 0.15) is 5.75 Å². The molecule has 0 spiro atoms. The van der Waals surface area contributed by atoms with E-state index < -0.39 is 0 Å². The van der Waals surface area contributed by atoms with Gasteiger partial charge in [-0.15, -0.1) is 0 Å². The van der Waals surface area contributed by atoms with Crippen molar-refractivity contribution in [3.8, 4) is 5.75 Å². The van der Waals surface area contributed by atoms with Crippen LogP contribution in [0.5, 0.6) is 5.75 Å². The van der Waals surface area contributed by atoms with Gasteiger partial charge in [0, 0.05) is 36.2 Å². The van der Waals surface area contributed by atoms with Gasteiger partial charge in [-0.05, 0) is 49.5 Å². The van der Waals surface area contributed by atoms with Crippen LogP contribution in [0.25, 0.3) is 10.9 Å². The van der Waals surface area contributed by atoms with Gasteiger partial charge >= 0.3 is 0 Å². The maximum atomic E-state index is 5.26. The van der Waals surface area contributed by atoms with Crippen molar-refractivity contribution in [3.63, 3.8) is 0 Å². The second-order valence-corrected chi connectivity index (χ2v) is 6.32. The Morgan fingerprint density at radius 1 is 1.08 bits per heavy atom. The molecule has 3 rings (SSSR count). The predicted molar refractivity (Wildman–Crippen MR) is 99.4 cm³/mol. The molecule has 1 atom stereocenters. The van der Waals surface area contributed by atoms with Crippen LogP contribution < -0.4 is 10.1 Å². The van der Waals surface area contributed by atoms with Gasteiger partial charge in [-0.2, -0.15) is 0 Å². The summed E-state index contributed by atoms with van der Waals surface area (Å²) in [5.74, 6) is 0.888. The van der Waals surface area contributed by atoms with Gasteiger partial charge in [-0.3, -0.25) is 0 Å². The highest BCUT2D eigenvalue weighted by Crippen LogP contribution is 2.21. The molecule has 0 aliphatic heterocycles. The number of likely N-dealkylation sites (N-methyl/N-ethyl adjacent to an activating group) is 1. The molecule has 0 saturated heterocycles. The van der Waals surface area contributed by atoms with Gasteiger partial charge in [-0.25, -0.2) is 0 Å². The zero-order valence-corrected chi connectivity index (χ0v) is 14.5. The topological polar surface area (TPSA) is 40.3 Å². The van der Waals surface area contributed by atoms with Crippen molar-refractivity contribution in [2.45, 2.75) is 12.6 Å². The maximum Gasteiger partial charge on any atom is 0.118 e. The van der Waals surface area contributed by atoms with Gasteiger partial charge in [0.2, 0.25) is 0 Å². The Morgan fingerprint density at radius 2 is 1.88 bits per heavy atom. The van der Waals surface area contributed by atoms with E-state index in [4.69, 9.17) is 4.74 Å². The lowest BCUT2D eigenvalue weighted by atomic mass is 10.0. The van der Waals surface area contributed by atoms with E-state index in [0.717, 1.165) is 18.8 Å². The van der Waals surface area contributed by atoms with Crippen LogP contribution in [0.3, 0.4) is 0 Å². The Morgan fingerprint density at radius 3 is 2.58 bits per heavy atom. The Balaban J connectivity index is 1.77. The zero-order chi connectivity index (χ0) is 16.9. The highest BCUT2D eigenvalue weighted by molar-refractivity contribution is 5.82. The Bertz CT molecular complexity index is 777. The highest BCUT2D eigenvalue weighted by atomic mass is 16.5. The number of benzene rings is 2. The largest absolute Gasteiger partial charge is 0.497 e. The van der Waals surface area contributed by atoms with Gasteiger partial charge < -0.3 is 19.9 Å². The van der Waals surface area contributed by atoms with E-state index in [1.54, 1.807) is 7.11 Å². The molecule has 0 amide bonds. The molecule has 0 aliphatic carbocycles. The predicted octanol–water partition coefficient (Wildman–Crippen LogP) is 3.57. The van der Waals surface area contributed by atoms with E-state index in [0.29, 0.717) is 0 Å². The Hall–Kier alpha value is -2.30. The van der Waals surface area contributed by atoms with Crippen molar-refractivity contribution in [2.75, 3.05) is 27.7 Å². The third-order valence-electron chi connectivity index (χ3n) is 4.29. The van der Waals surface area contributed by atoms with Crippen molar-refractivity contribution < 1.29 is 4.74 Å². The molecule has 2 aromatic carbocycles. The molecule has 1 heterocycles. The number of fused-ring (bicyclic) bond motifs is 1. The molecular weight excluding hydrogens is 298 g/mol. The van der Waals surface area contributed by atoms with Gasteiger partial charge in [0.05, 0.1) is 7.11 Å². The lowest BCUT2D eigenvalue weighted by Crippen LogP contribution is -2.31. The van der Waals surface area contributed by atoms with Gasteiger partial charge in [0.25, 0.3) is 0 Å². The average Bonchev–Trinajstić information content (AvgIpc) is 3.07. The Kier molecular flexibility index (Phi) is 5.18. The van der Waals surface area contributed by atoms with E-state index in [1.807, 2.05) is 18.3 Å². The lowest BCUT2D eigenvalue weighted by molar-refractivity contribution is 0.340. The summed E-state index contributed by atoms with van der Waals surface area (Å²) in [4.78, 5) is 5.48. The van der Waals surface area contributed by atoms with E-state index >= 15 is 0 Å². The van der Waals surface area contributed by atoms with Gasteiger partial charge in [0.15, 0.2) is 0 Å². The number of aromatic amines is 1. The minimum Gasteiger partial charge on any atom is -0.497 e. The first-order valence-electron chi connectivity index (χ1n) is 8.24. The fraction of sp³-hybridized carbons (Fsp3) is 0.300. The first-order valence-corrected chi connectivity index (χ1v) is 8.24. The fourth-order valence-corrected chi connectivity index (χ4v) is 3.03. The number of nitrogens with zero attached hydrogens (tertiary/aromatic N) is 1. The summed E-state index contributed by atoms with van der Waals surface area (Å²) >= 11 is 0. The molecule has 4 nitrogen and oxygen atoms in total. The number of rotatable bonds is 7. The number of hydrogen-bond donors (Lipinski definition) is 2. The first kappa shape index (κ1) is 16.6. The SMILES string of the molecule is COc1ccc([C@@H](CN(C)C)NCc2cccc3[nH]ccc23)cc1. The molecule has 0 unspecified atom stereocenters. The van der Waals surface area contributed by atoms with Crippen molar-refractivity contribution in [1.29, 1.82) is 0 Å². The number of methoxy groups -OCH3 is 1. The van der Waals surface area contributed by atoms with Crippen LogP contribution in [0.4, 0.5) is 0 Å². The molecule has 126 valence electrons. The lowest BCUT2D eigenvalue weighted by Gasteiger charge is -2.23. The zero-order valence-electron chi connectivity index (χ0n) is 14.5.